The quantitative estimate of drug-likeness (QED) is 0.257. The van der Waals surface area contributed by atoms with E-state index in [0.717, 1.165) is 15.1 Å². The number of rotatable bonds is 8. The van der Waals surface area contributed by atoms with Gasteiger partial charge in [0, 0.05) is 49.3 Å². The number of hydrogen-bond acceptors (Lipinski definition) is 8. The molecule has 1 saturated heterocycles. The Balaban J connectivity index is 1.65. The lowest BCUT2D eigenvalue weighted by Gasteiger charge is -2.29. The molecular formula is C29H35BrFN3O7. The zero-order chi connectivity index (χ0) is 30.3. The molecule has 3 amide bonds. The minimum Gasteiger partial charge on any atom is -0.444 e. The summed E-state index contributed by atoms with van der Waals surface area (Å²) in [6.45, 7) is 8.19. The highest BCUT2D eigenvalue weighted by atomic mass is 79.9. The van der Waals surface area contributed by atoms with Crippen molar-refractivity contribution in [2.75, 3.05) is 24.5 Å². The maximum atomic E-state index is 13.6. The second-order valence-electron chi connectivity index (χ2n) is 10.5. The van der Waals surface area contributed by atoms with Gasteiger partial charge < -0.3 is 19.1 Å². The fourth-order valence-electron chi connectivity index (χ4n) is 4.27. The van der Waals surface area contributed by atoms with Gasteiger partial charge in [-0.25, -0.2) is 23.7 Å². The first-order chi connectivity index (χ1) is 19.2. The number of hydrogen-bond donors (Lipinski definition) is 0. The van der Waals surface area contributed by atoms with Gasteiger partial charge in [0.25, 0.3) is 0 Å². The van der Waals surface area contributed by atoms with E-state index in [1.54, 1.807) is 32.9 Å². The summed E-state index contributed by atoms with van der Waals surface area (Å²) in [5, 5.41) is 0. The number of esters is 1. The molecule has 2 aromatic rings. The zero-order valence-corrected chi connectivity index (χ0v) is 25.4. The van der Waals surface area contributed by atoms with Crippen LogP contribution < -0.4 is 4.90 Å². The second-order valence-corrected chi connectivity index (χ2v) is 11.4. The van der Waals surface area contributed by atoms with E-state index in [1.807, 2.05) is 29.2 Å². The van der Waals surface area contributed by atoms with Crippen molar-refractivity contribution in [3.63, 3.8) is 0 Å². The Morgan fingerprint density at radius 1 is 1.05 bits per heavy atom. The van der Waals surface area contributed by atoms with E-state index < -0.39 is 47.8 Å². The molecule has 0 radical (unpaired) electrons. The molecule has 2 aromatic carbocycles. The number of ether oxygens (including phenoxy) is 3. The molecule has 222 valence electrons. The van der Waals surface area contributed by atoms with Gasteiger partial charge in [-0.15, -0.1) is 0 Å². The highest BCUT2D eigenvalue weighted by Gasteiger charge is 2.38. The van der Waals surface area contributed by atoms with Crippen LogP contribution in [0.3, 0.4) is 0 Å². The van der Waals surface area contributed by atoms with Crippen molar-refractivity contribution in [2.45, 2.75) is 65.4 Å². The third kappa shape index (κ3) is 9.17. The first-order valence-corrected chi connectivity index (χ1v) is 14.0. The predicted octanol–water partition coefficient (Wildman–Crippen LogP) is 6.00. The molecule has 1 fully saturated rings. The lowest BCUT2D eigenvalue weighted by molar-refractivity contribution is -0.171. The fraction of sp³-hybridized carbons (Fsp3) is 0.448. The van der Waals surface area contributed by atoms with Gasteiger partial charge in [0.1, 0.15) is 17.5 Å². The van der Waals surface area contributed by atoms with Gasteiger partial charge in [0.05, 0.1) is 0 Å². The number of benzene rings is 2. The zero-order valence-electron chi connectivity index (χ0n) is 23.8. The van der Waals surface area contributed by atoms with Gasteiger partial charge in [-0.2, -0.15) is 0 Å². The van der Waals surface area contributed by atoms with Crippen molar-refractivity contribution >= 4 is 51.4 Å². The summed E-state index contributed by atoms with van der Waals surface area (Å²) in [7, 11) is 0. The minimum absolute atomic E-state index is 0.0756. The van der Waals surface area contributed by atoms with Gasteiger partial charge >= 0.3 is 18.2 Å². The average molecular weight is 637 g/mol. The van der Waals surface area contributed by atoms with Crippen molar-refractivity contribution in [1.82, 2.24) is 9.80 Å². The number of imide groups is 1. The Kier molecular flexibility index (Phi) is 10.7. The van der Waals surface area contributed by atoms with Crippen molar-refractivity contribution in [2.24, 2.45) is 0 Å². The maximum Gasteiger partial charge on any atom is 0.419 e. The molecule has 1 unspecified atom stereocenters. The molecule has 41 heavy (non-hydrogen) atoms. The van der Waals surface area contributed by atoms with Crippen LogP contribution in [-0.4, -0.2) is 71.4 Å². The Bertz CT molecular complexity index is 1250. The maximum absolute atomic E-state index is 13.6. The molecule has 0 saturated carbocycles. The van der Waals surface area contributed by atoms with Crippen LogP contribution in [0.1, 0.15) is 47.5 Å². The second kappa shape index (κ2) is 13.8. The molecule has 0 aromatic heterocycles. The van der Waals surface area contributed by atoms with Crippen LogP contribution in [0, 0.1) is 5.82 Å². The van der Waals surface area contributed by atoms with Gasteiger partial charge in [-0.05, 0) is 76.1 Å². The van der Waals surface area contributed by atoms with Crippen LogP contribution in [0.25, 0.3) is 0 Å². The van der Waals surface area contributed by atoms with E-state index >= 15 is 0 Å². The predicted molar refractivity (Wildman–Crippen MR) is 153 cm³/mol. The first-order valence-electron chi connectivity index (χ1n) is 13.2. The summed E-state index contributed by atoms with van der Waals surface area (Å²) in [5.74, 6) is -1.71. The molecule has 2 atom stereocenters. The lowest BCUT2D eigenvalue weighted by atomic mass is 10.2. The fourth-order valence-corrected chi connectivity index (χ4v) is 4.66. The van der Waals surface area contributed by atoms with Gasteiger partial charge in [0.15, 0.2) is 0 Å². The van der Waals surface area contributed by atoms with E-state index in [2.05, 4.69) is 15.9 Å². The molecule has 1 aliphatic rings. The summed E-state index contributed by atoms with van der Waals surface area (Å²) in [4.78, 5) is 54.7. The van der Waals surface area contributed by atoms with Crippen LogP contribution in [0.5, 0.6) is 0 Å². The Morgan fingerprint density at radius 3 is 2.34 bits per heavy atom. The number of carbonyl (C=O) groups excluding carboxylic acids is 4. The number of nitrogens with zero attached hydrogens (tertiary/aromatic N) is 3. The summed E-state index contributed by atoms with van der Waals surface area (Å²) in [6.07, 6.45) is -1.97. The molecule has 0 spiro atoms. The van der Waals surface area contributed by atoms with Gasteiger partial charge in [-0.3, -0.25) is 9.69 Å². The molecule has 10 nitrogen and oxygen atoms in total. The van der Waals surface area contributed by atoms with Gasteiger partial charge in [-0.1, -0.05) is 22.0 Å². The van der Waals surface area contributed by atoms with Crippen LogP contribution in [0.4, 0.5) is 25.4 Å². The van der Waals surface area contributed by atoms with Crippen LogP contribution >= 0.6 is 15.9 Å². The van der Waals surface area contributed by atoms with E-state index in [0.29, 0.717) is 25.1 Å². The number of halogens is 2. The molecule has 3 rings (SSSR count). The minimum atomic E-state index is -1.32. The number of carbonyl (C=O) groups is 4. The van der Waals surface area contributed by atoms with Crippen molar-refractivity contribution < 1.29 is 37.8 Å². The molecule has 1 aliphatic heterocycles. The normalized spacial score (nSPS) is 15.6. The van der Waals surface area contributed by atoms with E-state index in [-0.39, 0.29) is 13.1 Å². The molecule has 1 heterocycles. The standard InChI is InChI=1S/C29H35BrFN3O7/c1-19(35)32(16-17-33(23-13-11-22(31)12-14-23)24-9-6-8-21(30)18-24)27(37)40-20(2)39-26(36)25-10-7-15-34(25)28(38)41-29(3,4)5/h6,8-9,11-14,18,20,25H,7,10,15-17H2,1-5H3/t20?,25-/m0/s1. The summed E-state index contributed by atoms with van der Waals surface area (Å²) in [5.41, 5.74) is 0.669. The van der Waals surface area contributed by atoms with Crippen molar-refractivity contribution in [3.8, 4) is 0 Å². The van der Waals surface area contributed by atoms with E-state index in [9.17, 15) is 23.6 Å². The third-order valence-electron chi connectivity index (χ3n) is 6.11. The first kappa shape index (κ1) is 31.9. The number of anilines is 2. The summed E-state index contributed by atoms with van der Waals surface area (Å²) >= 11 is 3.44. The van der Waals surface area contributed by atoms with E-state index in [1.165, 1.54) is 30.9 Å². The molecular weight excluding hydrogens is 601 g/mol. The summed E-state index contributed by atoms with van der Waals surface area (Å²) in [6, 6.07) is 12.3. The highest BCUT2D eigenvalue weighted by molar-refractivity contribution is 9.10. The topological polar surface area (TPSA) is 106 Å². The average Bonchev–Trinajstić information content (AvgIpc) is 3.36. The van der Waals surface area contributed by atoms with Crippen LogP contribution in [0.2, 0.25) is 0 Å². The van der Waals surface area contributed by atoms with Crippen LogP contribution in [-0.2, 0) is 23.8 Å². The highest BCUT2D eigenvalue weighted by Crippen LogP contribution is 2.28. The Hall–Kier alpha value is -3.67. The lowest BCUT2D eigenvalue weighted by Crippen LogP contribution is -2.45. The third-order valence-corrected chi connectivity index (χ3v) is 6.60. The SMILES string of the molecule is CC(=O)N(CCN(c1ccc(F)cc1)c1cccc(Br)c1)C(=O)OC(C)OC(=O)[C@@H]1CCCN1C(=O)OC(C)(C)C. The number of likely N-dealkylation sites (tertiary alicyclic amines) is 1. The molecule has 0 aliphatic carbocycles. The molecule has 0 N–H and O–H groups in total. The monoisotopic (exact) mass is 635 g/mol. The molecule has 12 heteroatoms. The van der Waals surface area contributed by atoms with Crippen LogP contribution in [0.15, 0.2) is 53.0 Å². The molecule has 0 bridgehead atoms. The van der Waals surface area contributed by atoms with Crippen molar-refractivity contribution in [3.05, 3.63) is 58.8 Å². The largest absolute Gasteiger partial charge is 0.444 e. The summed E-state index contributed by atoms with van der Waals surface area (Å²) < 4.78 is 30.4. The number of amides is 3. The Morgan fingerprint density at radius 2 is 1.73 bits per heavy atom. The van der Waals surface area contributed by atoms with Crippen molar-refractivity contribution in [1.29, 1.82) is 0 Å². The van der Waals surface area contributed by atoms with E-state index in [4.69, 9.17) is 14.2 Å². The smallest absolute Gasteiger partial charge is 0.419 e. The van der Waals surface area contributed by atoms with Gasteiger partial charge in [0.2, 0.25) is 12.2 Å². The Labute approximate surface area is 247 Å².